The standard InChI is InChI=1S/C28H22N4O/c1-20-12-14-21(15-13-20)26-29-27(22-16-18-25(33)19-17-22)31-28(30-26)32(23-8-4-2-5-9-23)24-10-6-3-7-11-24/h2-19,33H,1H3. The Morgan fingerprint density at radius 3 is 1.48 bits per heavy atom. The second-order valence-electron chi connectivity index (χ2n) is 7.70. The monoisotopic (exact) mass is 430 g/mol. The van der Waals surface area contributed by atoms with Gasteiger partial charge in [0.15, 0.2) is 11.6 Å². The molecule has 0 bridgehead atoms. The number of phenolic OH excluding ortho intramolecular Hbond substituents is 1. The van der Waals surface area contributed by atoms with Crippen molar-refractivity contribution in [3.8, 4) is 28.5 Å². The average Bonchev–Trinajstić information content (AvgIpc) is 2.86. The summed E-state index contributed by atoms with van der Waals surface area (Å²) in [7, 11) is 0. The molecule has 5 aromatic rings. The lowest BCUT2D eigenvalue weighted by atomic mass is 10.1. The molecule has 0 radical (unpaired) electrons. The first kappa shape index (κ1) is 20.4. The quantitative estimate of drug-likeness (QED) is 0.337. The zero-order chi connectivity index (χ0) is 22.6. The lowest BCUT2D eigenvalue weighted by Gasteiger charge is -2.23. The molecule has 5 rings (SSSR count). The fourth-order valence-corrected chi connectivity index (χ4v) is 3.57. The van der Waals surface area contributed by atoms with Crippen molar-refractivity contribution in [2.45, 2.75) is 6.92 Å². The lowest BCUT2D eigenvalue weighted by molar-refractivity contribution is 0.475. The number of anilines is 3. The fraction of sp³-hybridized carbons (Fsp3) is 0.0357. The van der Waals surface area contributed by atoms with Gasteiger partial charge in [-0.2, -0.15) is 9.97 Å². The van der Waals surface area contributed by atoms with Crippen molar-refractivity contribution < 1.29 is 5.11 Å². The Balaban J connectivity index is 1.73. The van der Waals surface area contributed by atoms with Gasteiger partial charge < -0.3 is 5.11 Å². The van der Waals surface area contributed by atoms with Gasteiger partial charge in [0.25, 0.3) is 0 Å². The van der Waals surface area contributed by atoms with Gasteiger partial charge in [-0.1, -0.05) is 66.2 Å². The van der Waals surface area contributed by atoms with Gasteiger partial charge in [-0.05, 0) is 55.5 Å². The Kier molecular flexibility index (Phi) is 5.52. The number of para-hydroxylation sites is 2. The van der Waals surface area contributed by atoms with E-state index in [2.05, 4.69) is 6.92 Å². The molecule has 0 aliphatic heterocycles. The number of aryl methyl sites for hydroxylation is 1. The number of hydrogen-bond acceptors (Lipinski definition) is 5. The van der Waals surface area contributed by atoms with Crippen molar-refractivity contribution in [2.75, 3.05) is 4.90 Å². The number of phenols is 1. The number of benzene rings is 4. The molecule has 1 heterocycles. The minimum atomic E-state index is 0.196. The van der Waals surface area contributed by atoms with Crippen molar-refractivity contribution in [3.05, 3.63) is 115 Å². The van der Waals surface area contributed by atoms with E-state index in [1.165, 1.54) is 5.56 Å². The van der Waals surface area contributed by atoms with Crippen LogP contribution in [0.4, 0.5) is 17.3 Å². The molecule has 4 aromatic carbocycles. The molecule has 1 aromatic heterocycles. The third-order valence-corrected chi connectivity index (χ3v) is 5.29. The van der Waals surface area contributed by atoms with Gasteiger partial charge in [0.1, 0.15) is 5.75 Å². The van der Waals surface area contributed by atoms with Crippen LogP contribution in [-0.2, 0) is 0 Å². The molecule has 0 amide bonds. The molecule has 0 saturated carbocycles. The van der Waals surface area contributed by atoms with E-state index in [1.807, 2.05) is 102 Å². The molecule has 0 saturated heterocycles. The Bertz CT molecular complexity index is 1250. The Hall–Kier alpha value is -4.51. The molecule has 5 nitrogen and oxygen atoms in total. The third-order valence-electron chi connectivity index (χ3n) is 5.29. The summed E-state index contributed by atoms with van der Waals surface area (Å²) in [6.07, 6.45) is 0. The van der Waals surface area contributed by atoms with Crippen LogP contribution in [-0.4, -0.2) is 20.1 Å². The zero-order valence-corrected chi connectivity index (χ0v) is 18.1. The van der Waals surface area contributed by atoms with E-state index in [0.717, 1.165) is 22.5 Å². The van der Waals surface area contributed by atoms with E-state index in [4.69, 9.17) is 15.0 Å². The first-order valence-electron chi connectivity index (χ1n) is 10.7. The molecule has 1 N–H and O–H groups in total. The first-order chi connectivity index (χ1) is 16.2. The summed E-state index contributed by atoms with van der Waals surface area (Å²) in [5.74, 6) is 1.83. The van der Waals surface area contributed by atoms with Crippen LogP contribution in [0, 0.1) is 6.92 Å². The van der Waals surface area contributed by atoms with Crippen molar-refractivity contribution in [2.24, 2.45) is 0 Å². The summed E-state index contributed by atoms with van der Waals surface area (Å²) in [5.41, 5.74) is 4.76. The molecule has 0 unspecified atom stereocenters. The fourth-order valence-electron chi connectivity index (χ4n) is 3.57. The number of aromatic nitrogens is 3. The number of hydrogen-bond donors (Lipinski definition) is 1. The Morgan fingerprint density at radius 2 is 1.00 bits per heavy atom. The van der Waals surface area contributed by atoms with Gasteiger partial charge in [0.2, 0.25) is 5.95 Å². The highest BCUT2D eigenvalue weighted by molar-refractivity contribution is 5.74. The van der Waals surface area contributed by atoms with Crippen molar-refractivity contribution >= 4 is 17.3 Å². The highest BCUT2D eigenvalue weighted by Crippen LogP contribution is 2.34. The molecule has 0 aliphatic rings. The topological polar surface area (TPSA) is 62.1 Å². The molecule has 0 atom stereocenters. The van der Waals surface area contributed by atoms with Gasteiger partial charge in [-0.15, -0.1) is 0 Å². The summed E-state index contributed by atoms with van der Waals surface area (Å²) in [6, 6.07) is 35.1. The van der Waals surface area contributed by atoms with Crippen molar-refractivity contribution in [3.63, 3.8) is 0 Å². The van der Waals surface area contributed by atoms with Gasteiger partial charge in [-0.3, -0.25) is 4.90 Å². The highest BCUT2D eigenvalue weighted by Gasteiger charge is 2.19. The van der Waals surface area contributed by atoms with Crippen LogP contribution < -0.4 is 4.90 Å². The van der Waals surface area contributed by atoms with E-state index in [-0.39, 0.29) is 5.75 Å². The van der Waals surface area contributed by atoms with E-state index in [0.29, 0.717) is 17.6 Å². The Labute approximate surface area is 192 Å². The van der Waals surface area contributed by atoms with Crippen molar-refractivity contribution in [1.82, 2.24) is 15.0 Å². The summed E-state index contributed by atoms with van der Waals surface area (Å²) < 4.78 is 0. The van der Waals surface area contributed by atoms with E-state index in [9.17, 15) is 5.11 Å². The predicted molar refractivity (Wildman–Crippen MR) is 132 cm³/mol. The van der Waals surface area contributed by atoms with E-state index < -0.39 is 0 Å². The lowest BCUT2D eigenvalue weighted by Crippen LogP contribution is -2.15. The van der Waals surface area contributed by atoms with Gasteiger partial charge in [0, 0.05) is 22.5 Å². The Morgan fingerprint density at radius 1 is 0.545 bits per heavy atom. The number of aromatic hydroxyl groups is 1. The maximum Gasteiger partial charge on any atom is 0.238 e. The second kappa shape index (κ2) is 8.93. The molecule has 0 fully saturated rings. The SMILES string of the molecule is Cc1ccc(-c2nc(-c3ccc(O)cc3)nc(N(c3ccccc3)c3ccccc3)n2)cc1. The van der Waals surface area contributed by atoms with Crippen LogP contribution in [0.3, 0.4) is 0 Å². The molecule has 33 heavy (non-hydrogen) atoms. The summed E-state index contributed by atoms with van der Waals surface area (Å²) in [5, 5.41) is 9.74. The van der Waals surface area contributed by atoms with E-state index >= 15 is 0 Å². The summed E-state index contributed by atoms with van der Waals surface area (Å²) in [6.45, 7) is 2.05. The van der Waals surface area contributed by atoms with Crippen LogP contribution in [0.15, 0.2) is 109 Å². The minimum Gasteiger partial charge on any atom is -0.508 e. The largest absolute Gasteiger partial charge is 0.508 e. The highest BCUT2D eigenvalue weighted by atomic mass is 16.3. The summed E-state index contributed by atoms with van der Waals surface area (Å²) >= 11 is 0. The normalized spacial score (nSPS) is 10.7. The summed E-state index contributed by atoms with van der Waals surface area (Å²) in [4.78, 5) is 16.5. The van der Waals surface area contributed by atoms with Gasteiger partial charge >= 0.3 is 0 Å². The van der Waals surface area contributed by atoms with Crippen LogP contribution in [0.5, 0.6) is 5.75 Å². The molecular formula is C28H22N4O. The van der Waals surface area contributed by atoms with Crippen LogP contribution in [0.2, 0.25) is 0 Å². The zero-order valence-electron chi connectivity index (χ0n) is 18.1. The van der Waals surface area contributed by atoms with Crippen LogP contribution in [0.1, 0.15) is 5.56 Å². The second-order valence-corrected chi connectivity index (χ2v) is 7.70. The molecular weight excluding hydrogens is 408 g/mol. The van der Waals surface area contributed by atoms with E-state index in [1.54, 1.807) is 12.1 Å². The van der Waals surface area contributed by atoms with Crippen LogP contribution in [0.25, 0.3) is 22.8 Å². The number of nitrogens with zero attached hydrogens (tertiary/aromatic N) is 4. The smallest absolute Gasteiger partial charge is 0.238 e. The number of rotatable bonds is 5. The van der Waals surface area contributed by atoms with Gasteiger partial charge in [-0.25, -0.2) is 4.98 Å². The minimum absolute atomic E-state index is 0.196. The molecule has 0 spiro atoms. The maximum atomic E-state index is 9.74. The molecule has 0 aliphatic carbocycles. The third kappa shape index (κ3) is 4.43. The van der Waals surface area contributed by atoms with Gasteiger partial charge in [0.05, 0.1) is 0 Å². The molecule has 160 valence electrons. The predicted octanol–water partition coefficient (Wildman–Crippen LogP) is 6.69. The van der Waals surface area contributed by atoms with Crippen LogP contribution >= 0.6 is 0 Å². The first-order valence-corrected chi connectivity index (χ1v) is 10.7. The average molecular weight is 431 g/mol. The molecule has 5 heteroatoms. The maximum absolute atomic E-state index is 9.74. The van der Waals surface area contributed by atoms with Crippen molar-refractivity contribution in [1.29, 1.82) is 0 Å².